The Bertz CT molecular complexity index is 578. The maximum absolute atomic E-state index is 11.6. The molecule has 0 radical (unpaired) electrons. The Morgan fingerprint density at radius 3 is 2.75 bits per heavy atom. The summed E-state index contributed by atoms with van der Waals surface area (Å²) in [6.07, 6.45) is 0.346. The normalized spacial score (nSPS) is 12.2. The quantitative estimate of drug-likeness (QED) is 0.844. The van der Waals surface area contributed by atoms with Crippen molar-refractivity contribution in [2.24, 2.45) is 5.73 Å². The lowest BCUT2D eigenvalue weighted by Gasteiger charge is -2.10. The Kier molecular flexibility index (Phi) is 4.53. The van der Waals surface area contributed by atoms with Crippen molar-refractivity contribution in [3.8, 4) is 11.3 Å². The number of ether oxygens (including phenoxy) is 1. The molecule has 0 fully saturated rings. The summed E-state index contributed by atoms with van der Waals surface area (Å²) < 4.78 is 10.2. The van der Waals surface area contributed by atoms with Gasteiger partial charge in [0.25, 0.3) is 0 Å². The maximum atomic E-state index is 11.6. The van der Waals surface area contributed by atoms with E-state index in [4.69, 9.17) is 15.0 Å². The number of aromatic nitrogens is 1. The van der Waals surface area contributed by atoms with Gasteiger partial charge in [-0.3, -0.25) is 4.79 Å². The second-order valence-electron chi connectivity index (χ2n) is 4.49. The molecule has 0 aliphatic heterocycles. The van der Waals surface area contributed by atoms with Crippen LogP contribution in [0.3, 0.4) is 0 Å². The molecule has 2 rings (SSSR count). The highest BCUT2D eigenvalue weighted by atomic mass is 16.5. The Morgan fingerprint density at radius 1 is 1.40 bits per heavy atom. The molecule has 0 amide bonds. The van der Waals surface area contributed by atoms with Gasteiger partial charge in [-0.05, 0) is 13.8 Å². The number of benzene rings is 1. The average molecular weight is 274 g/mol. The first-order valence-corrected chi connectivity index (χ1v) is 6.56. The molecule has 0 bridgehead atoms. The molecule has 1 aromatic carbocycles. The topological polar surface area (TPSA) is 78.4 Å². The first kappa shape index (κ1) is 14.3. The summed E-state index contributed by atoms with van der Waals surface area (Å²) in [7, 11) is 0. The molecule has 1 unspecified atom stereocenters. The largest absolute Gasteiger partial charge is 0.465 e. The standard InChI is InChI=1S/C15H18N2O3/c1-3-19-15(18)13(16)9-12-10(2)20-17-14(12)11-7-5-4-6-8-11/h4-8,13H,3,9,16H2,1-2H3. The molecule has 20 heavy (non-hydrogen) atoms. The van der Waals surface area contributed by atoms with Crippen molar-refractivity contribution in [2.45, 2.75) is 26.3 Å². The number of carbonyl (C=O) groups is 1. The van der Waals surface area contributed by atoms with Gasteiger partial charge in [0.1, 0.15) is 17.5 Å². The number of nitrogens with two attached hydrogens (primary N) is 1. The lowest BCUT2D eigenvalue weighted by atomic mass is 10.0. The second kappa shape index (κ2) is 6.34. The average Bonchev–Trinajstić information content (AvgIpc) is 2.81. The van der Waals surface area contributed by atoms with Gasteiger partial charge in [0.2, 0.25) is 0 Å². The van der Waals surface area contributed by atoms with Gasteiger partial charge in [0, 0.05) is 17.5 Å². The lowest BCUT2D eigenvalue weighted by Crippen LogP contribution is -2.34. The monoisotopic (exact) mass is 274 g/mol. The zero-order valence-corrected chi connectivity index (χ0v) is 11.6. The van der Waals surface area contributed by atoms with Crippen LogP contribution >= 0.6 is 0 Å². The number of nitrogens with zero attached hydrogens (tertiary/aromatic N) is 1. The van der Waals surface area contributed by atoms with Crippen molar-refractivity contribution in [2.75, 3.05) is 6.61 Å². The van der Waals surface area contributed by atoms with E-state index in [2.05, 4.69) is 5.16 Å². The fraction of sp³-hybridized carbons (Fsp3) is 0.333. The van der Waals surface area contributed by atoms with Crippen molar-refractivity contribution in [1.82, 2.24) is 5.16 Å². The van der Waals surface area contributed by atoms with Crippen molar-refractivity contribution in [1.29, 1.82) is 0 Å². The molecular formula is C15H18N2O3. The van der Waals surface area contributed by atoms with E-state index in [9.17, 15) is 4.79 Å². The van der Waals surface area contributed by atoms with E-state index in [-0.39, 0.29) is 0 Å². The smallest absolute Gasteiger partial charge is 0.323 e. The molecule has 0 saturated heterocycles. The summed E-state index contributed by atoms with van der Waals surface area (Å²) in [4.78, 5) is 11.6. The van der Waals surface area contributed by atoms with Crippen molar-refractivity contribution in [3.05, 3.63) is 41.7 Å². The summed E-state index contributed by atoms with van der Waals surface area (Å²) in [6, 6.07) is 8.95. The van der Waals surface area contributed by atoms with E-state index in [1.54, 1.807) is 6.92 Å². The first-order chi connectivity index (χ1) is 9.63. The van der Waals surface area contributed by atoms with Gasteiger partial charge >= 0.3 is 5.97 Å². The van der Waals surface area contributed by atoms with E-state index in [0.717, 1.165) is 16.8 Å². The highest BCUT2D eigenvalue weighted by molar-refractivity contribution is 5.76. The first-order valence-electron chi connectivity index (χ1n) is 6.56. The Labute approximate surface area is 117 Å². The summed E-state index contributed by atoms with van der Waals surface area (Å²) in [5.41, 5.74) is 8.38. The predicted molar refractivity (Wildman–Crippen MR) is 75.0 cm³/mol. The summed E-state index contributed by atoms with van der Waals surface area (Å²) in [6.45, 7) is 3.89. The predicted octanol–water partition coefficient (Wildman–Crippen LogP) is 2.08. The number of hydrogen-bond donors (Lipinski definition) is 1. The second-order valence-corrected chi connectivity index (χ2v) is 4.49. The van der Waals surface area contributed by atoms with Crippen LogP contribution in [0.15, 0.2) is 34.9 Å². The van der Waals surface area contributed by atoms with Crippen LogP contribution in [-0.2, 0) is 16.0 Å². The number of carbonyl (C=O) groups excluding carboxylic acids is 1. The van der Waals surface area contributed by atoms with Crippen LogP contribution in [0.1, 0.15) is 18.2 Å². The molecule has 106 valence electrons. The van der Waals surface area contributed by atoms with Crippen molar-refractivity contribution in [3.63, 3.8) is 0 Å². The number of aryl methyl sites for hydroxylation is 1. The maximum Gasteiger partial charge on any atom is 0.323 e. The van der Waals surface area contributed by atoms with Crippen LogP contribution in [0.2, 0.25) is 0 Å². The van der Waals surface area contributed by atoms with Crippen molar-refractivity contribution < 1.29 is 14.1 Å². The third-order valence-corrected chi connectivity index (χ3v) is 3.05. The molecule has 0 saturated carbocycles. The van der Waals surface area contributed by atoms with Crippen molar-refractivity contribution >= 4 is 5.97 Å². The molecule has 0 aliphatic rings. The van der Waals surface area contributed by atoms with Crippen LogP contribution in [-0.4, -0.2) is 23.8 Å². The van der Waals surface area contributed by atoms with Crippen LogP contribution < -0.4 is 5.73 Å². The molecule has 1 atom stereocenters. The fourth-order valence-corrected chi connectivity index (χ4v) is 2.01. The molecule has 5 heteroatoms. The molecule has 1 aromatic heterocycles. The van der Waals surface area contributed by atoms with Crippen LogP contribution in [0.25, 0.3) is 11.3 Å². The minimum atomic E-state index is -0.712. The molecule has 5 nitrogen and oxygen atoms in total. The molecule has 2 N–H and O–H groups in total. The third-order valence-electron chi connectivity index (χ3n) is 3.05. The molecule has 2 aromatic rings. The Balaban J connectivity index is 2.24. The van der Waals surface area contributed by atoms with Gasteiger partial charge in [0.15, 0.2) is 0 Å². The van der Waals surface area contributed by atoms with Crippen LogP contribution in [0.5, 0.6) is 0 Å². The molecule has 1 heterocycles. The van der Waals surface area contributed by atoms with E-state index >= 15 is 0 Å². The van der Waals surface area contributed by atoms with Crippen LogP contribution in [0, 0.1) is 6.92 Å². The summed E-state index contributed by atoms with van der Waals surface area (Å²) in [5, 5.41) is 4.06. The molecular weight excluding hydrogens is 256 g/mol. The van der Waals surface area contributed by atoms with Gasteiger partial charge in [-0.15, -0.1) is 0 Å². The molecule has 0 aliphatic carbocycles. The van der Waals surface area contributed by atoms with Gasteiger partial charge in [-0.1, -0.05) is 35.5 Å². The number of hydrogen-bond acceptors (Lipinski definition) is 5. The summed E-state index contributed by atoms with van der Waals surface area (Å²) >= 11 is 0. The zero-order chi connectivity index (χ0) is 14.5. The number of rotatable bonds is 5. The van der Waals surface area contributed by atoms with Gasteiger partial charge < -0.3 is 15.0 Å². The van der Waals surface area contributed by atoms with Crippen LogP contribution in [0.4, 0.5) is 0 Å². The third kappa shape index (κ3) is 3.05. The van der Waals surface area contributed by atoms with E-state index in [1.165, 1.54) is 0 Å². The minimum Gasteiger partial charge on any atom is -0.465 e. The zero-order valence-electron chi connectivity index (χ0n) is 11.6. The minimum absolute atomic E-state index is 0.320. The lowest BCUT2D eigenvalue weighted by molar-refractivity contribution is -0.144. The van der Waals surface area contributed by atoms with Gasteiger partial charge in [-0.25, -0.2) is 0 Å². The van der Waals surface area contributed by atoms with E-state index < -0.39 is 12.0 Å². The highest BCUT2D eigenvalue weighted by Crippen LogP contribution is 2.26. The fourth-order valence-electron chi connectivity index (χ4n) is 2.01. The molecule has 0 spiro atoms. The number of esters is 1. The Morgan fingerprint density at radius 2 is 2.10 bits per heavy atom. The highest BCUT2D eigenvalue weighted by Gasteiger charge is 2.22. The van der Waals surface area contributed by atoms with E-state index in [1.807, 2.05) is 37.3 Å². The van der Waals surface area contributed by atoms with E-state index in [0.29, 0.717) is 18.8 Å². The SMILES string of the molecule is CCOC(=O)C(N)Cc1c(-c2ccccc2)noc1C. The van der Waals surface area contributed by atoms with Gasteiger partial charge in [-0.2, -0.15) is 0 Å². The van der Waals surface area contributed by atoms with Gasteiger partial charge in [0.05, 0.1) is 6.61 Å². The Hall–Kier alpha value is -2.14. The summed E-state index contributed by atoms with van der Waals surface area (Å²) in [5.74, 6) is 0.260.